The lowest BCUT2D eigenvalue weighted by Gasteiger charge is -2.16. The van der Waals surface area contributed by atoms with Gasteiger partial charge in [0.25, 0.3) is 0 Å². The summed E-state index contributed by atoms with van der Waals surface area (Å²) < 4.78 is 0. The summed E-state index contributed by atoms with van der Waals surface area (Å²) in [6, 6.07) is 18.6. The normalized spacial score (nSPS) is 16.6. The van der Waals surface area contributed by atoms with E-state index >= 15 is 0 Å². The van der Waals surface area contributed by atoms with Crippen LogP contribution in [0.4, 0.5) is 5.69 Å². The molecular weight excluding hydrogens is 314 g/mol. The van der Waals surface area contributed by atoms with Crippen LogP contribution in [0.15, 0.2) is 99.6 Å². The molecule has 0 fully saturated rings. The molecule has 0 saturated carbocycles. The summed E-state index contributed by atoms with van der Waals surface area (Å²) in [5.41, 5.74) is 21.0. The molecule has 1 aliphatic carbocycles. The van der Waals surface area contributed by atoms with Crippen molar-refractivity contribution >= 4 is 11.4 Å². The fourth-order valence-electron chi connectivity index (χ4n) is 2.55. The Hall–Kier alpha value is -3.79. The van der Waals surface area contributed by atoms with Crippen LogP contribution in [0.3, 0.4) is 0 Å². The number of allylic oxidation sites excluding steroid dienone is 4. The van der Waals surface area contributed by atoms with Crippen molar-refractivity contribution in [3.8, 4) is 0 Å². The summed E-state index contributed by atoms with van der Waals surface area (Å²) in [6.07, 6.45) is 3.27. The molecule has 1 atom stereocenters. The largest absolute Gasteiger partial charge is 0.361 e. The monoisotopic (exact) mass is 327 g/mol. The minimum absolute atomic E-state index is 0.274. The van der Waals surface area contributed by atoms with E-state index in [0.717, 1.165) is 5.56 Å². The third-order valence-electron chi connectivity index (χ3n) is 3.67. The van der Waals surface area contributed by atoms with E-state index in [9.17, 15) is 5.53 Å². The van der Waals surface area contributed by atoms with E-state index in [-0.39, 0.29) is 5.71 Å². The van der Waals surface area contributed by atoms with E-state index in [4.69, 9.17) is 5.53 Å². The van der Waals surface area contributed by atoms with Crippen molar-refractivity contribution in [1.82, 2.24) is 0 Å². The van der Waals surface area contributed by atoms with Crippen LogP contribution >= 0.6 is 0 Å². The highest BCUT2D eigenvalue weighted by molar-refractivity contribution is 6.04. The first-order valence-electron chi connectivity index (χ1n) is 7.54. The fourth-order valence-corrected chi connectivity index (χ4v) is 2.55. The SMILES string of the molecule is [N-]=[N+]=NC1=CC=C(N=Nc2ccccc2)C(=[N+]=[N-])C1c1ccccc1. The molecule has 1 unspecified atom stereocenters. The summed E-state index contributed by atoms with van der Waals surface area (Å²) in [7, 11) is 0. The van der Waals surface area contributed by atoms with Crippen molar-refractivity contribution in [3.63, 3.8) is 0 Å². The molecule has 0 aromatic heterocycles. The Balaban J connectivity index is 2.04. The predicted molar refractivity (Wildman–Crippen MR) is 94.1 cm³/mol. The molecule has 0 bridgehead atoms. The maximum atomic E-state index is 9.56. The van der Waals surface area contributed by atoms with E-state index in [2.05, 4.69) is 25.0 Å². The third kappa shape index (κ3) is 3.59. The van der Waals surface area contributed by atoms with Gasteiger partial charge in [0.2, 0.25) is 0 Å². The van der Waals surface area contributed by atoms with Crippen LogP contribution in [0.1, 0.15) is 11.5 Å². The van der Waals surface area contributed by atoms with E-state index in [0.29, 0.717) is 17.1 Å². The van der Waals surface area contributed by atoms with Crippen molar-refractivity contribution in [2.75, 3.05) is 0 Å². The van der Waals surface area contributed by atoms with Gasteiger partial charge in [-0.1, -0.05) is 59.7 Å². The Bertz CT molecular complexity index is 945. The molecule has 2 aromatic rings. The molecule has 1 aliphatic rings. The van der Waals surface area contributed by atoms with Gasteiger partial charge in [-0.15, -0.1) is 5.11 Å². The lowest BCUT2D eigenvalue weighted by atomic mass is 9.86. The van der Waals surface area contributed by atoms with Crippen molar-refractivity contribution in [2.45, 2.75) is 5.92 Å². The molecule has 7 nitrogen and oxygen atoms in total. The van der Waals surface area contributed by atoms with E-state index in [1.165, 1.54) is 0 Å². The first kappa shape index (κ1) is 16.1. The zero-order chi connectivity index (χ0) is 17.5. The Labute approximate surface area is 143 Å². The van der Waals surface area contributed by atoms with Crippen LogP contribution in [0.5, 0.6) is 0 Å². The number of benzene rings is 2. The van der Waals surface area contributed by atoms with Gasteiger partial charge in [-0.05, 0) is 29.3 Å². The molecule has 0 radical (unpaired) electrons. The summed E-state index contributed by atoms with van der Waals surface area (Å²) >= 11 is 0. The number of hydrogen-bond acceptors (Lipinski definition) is 3. The Morgan fingerprint density at radius 2 is 1.48 bits per heavy atom. The Kier molecular flexibility index (Phi) is 4.93. The minimum atomic E-state index is -0.517. The van der Waals surface area contributed by atoms with Crippen LogP contribution in [0.25, 0.3) is 16.0 Å². The van der Waals surface area contributed by atoms with E-state index in [1.807, 2.05) is 60.7 Å². The lowest BCUT2D eigenvalue weighted by Crippen LogP contribution is -2.19. The van der Waals surface area contributed by atoms with E-state index < -0.39 is 5.92 Å². The molecule has 3 rings (SSSR count). The van der Waals surface area contributed by atoms with Gasteiger partial charge in [-0.3, -0.25) is 0 Å². The molecule has 25 heavy (non-hydrogen) atoms. The first-order chi connectivity index (χ1) is 12.3. The molecular formula is C18H13N7. The lowest BCUT2D eigenvalue weighted by molar-refractivity contribution is -0.00840. The van der Waals surface area contributed by atoms with Crippen LogP contribution in [-0.4, -0.2) is 10.5 Å². The van der Waals surface area contributed by atoms with Crippen molar-refractivity contribution in [1.29, 1.82) is 0 Å². The second kappa shape index (κ2) is 7.66. The zero-order valence-corrected chi connectivity index (χ0v) is 13.1. The van der Waals surface area contributed by atoms with Gasteiger partial charge in [0.05, 0.1) is 5.69 Å². The Morgan fingerprint density at radius 3 is 2.12 bits per heavy atom. The smallest absolute Gasteiger partial charge is 0.330 e. The van der Waals surface area contributed by atoms with E-state index in [1.54, 1.807) is 12.2 Å². The van der Waals surface area contributed by atoms with Gasteiger partial charge >= 0.3 is 5.71 Å². The fraction of sp³-hybridized carbons (Fsp3) is 0.0556. The highest BCUT2D eigenvalue weighted by Crippen LogP contribution is 2.33. The zero-order valence-electron chi connectivity index (χ0n) is 13.1. The molecule has 7 heteroatoms. The third-order valence-corrected chi connectivity index (χ3v) is 3.67. The quantitative estimate of drug-likeness (QED) is 0.411. The van der Waals surface area contributed by atoms with Gasteiger partial charge < -0.3 is 5.53 Å². The highest BCUT2D eigenvalue weighted by atomic mass is 15.2. The molecule has 120 valence electrons. The maximum absolute atomic E-state index is 9.56. The number of nitrogens with zero attached hydrogens (tertiary/aromatic N) is 7. The summed E-state index contributed by atoms with van der Waals surface area (Å²) in [5.74, 6) is -0.517. The van der Waals surface area contributed by atoms with Crippen LogP contribution in [-0.2, 0) is 0 Å². The molecule has 0 N–H and O–H groups in total. The number of azide groups is 1. The average Bonchev–Trinajstić information content (AvgIpc) is 2.68. The summed E-state index contributed by atoms with van der Waals surface area (Å²) in [5, 5.41) is 12.1. The molecule has 0 aliphatic heterocycles. The van der Waals surface area contributed by atoms with Crippen molar-refractivity contribution in [3.05, 3.63) is 106 Å². The van der Waals surface area contributed by atoms with Crippen LogP contribution in [0, 0.1) is 0 Å². The average molecular weight is 327 g/mol. The first-order valence-corrected chi connectivity index (χ1v) is 7.54. The topological polar surface area (TPSA) is 110 Å². The van der Waals surface area contributed by atoms with Gasteiger partial charge in [-0.2, -0.15) is 9.90 Å². The molecule has 0 amide bonds. The second-order valence-electron chi connectivity index (χ2n) is 5.20. The van der Waals surface area contributed by atoms with Crippen molar-refractivity contribution < 1.29 is 4.79 Å². The number of hydrogen-bond donors (Lipinski definition) is 0. The maximum Gasteiger partial charge on any atom is 0.330 e. The van der Waals surface area contributed by atoms with Gasteiger partial charge in [0.1, 0.15) is 5.92 Å². The molecule has 0 heterocycles. The van der Waals surface area contributed by atoms with Gasteiger partial charge in [-0.25, -0.2) is 0 Å². The number of rotatable bonds is 4. The molecule has 0 spiro atoms. The van der Waals surface area contributed by atoms with Crippen LogP contribution in [0.2, 0.25) is 0 Å². The summed E-state index contributed by atoms with van der Waals surface area (Å²) in [4.78, 5) is 6.26. The summed E-state index contributed by atoms with van der Waals surface area (Å²) in [6.45, 7) is 0. The second-order valence-corrected chi connectivity index (χ2v) is 5.20. The van der Waals surface area contributed by atoms with Crippen LogP contribution < -0.4 is 0 Å². The minimum Gasteiger partial charge on any atom is -0.361 e. The predicted octanol–water partition coefficient (Wildman–Crippen LogP) is 5.32. The molecule has 0 saturated heterocycles. The number of azo groups is 1. The van der Waals surface area contributed by atoms with Gasteiger partial charge in [0, 0.05) is 10.6 Å². The van der Waals surface area contributed by atoms with Gasteiger partial charge in [0.15, 0.2) is 5.70 Å². The molecule has 2 aromatic carbocycles. The standard InChI is InChI=1S/C18H13N7/c19-21-18-16(23-22-14-9-5-2-6-10-14)12-11-15(24-25-20)17(18)13-7-3-1-4-8-13/h1-12,17H. The highest BCUT2D eigenvalue weighted by Gasteiger charge is 2.34. The Morgan fingerprint density at radius 1 is 0.800 bits per heavy atom. The van der Waals surface area contributed by atoms with Crippen molar-refractivity contribution in [2.24, 2.45) is 15.3 Å².